The predicted molar refractivity (Wildman–Crippen MR) is 83.0 cm³/mol. The molecule has 0 amide bonds. The fourth-order valence-electron chi connectivity index (χ4n) is 2.73. The number of hydrogen-bond acceptors (Lipinski definition) is 5. The molecule has 1 saturated heterocycles. The Balaban J connectivity index is 1.96. The van der Waals surface area contributed by atoms with Crippen molar-refractivity contribution in [3.05, 3.63) is 17.2 Å². The highest BCUT2D eigenvalue weighted by molar-refractivity contribution is 7.89. The number of nitrogens with two attached hydrogens (primary N) is 1. The van der Waals surface area contributed by atoms with Gasteiger partial charge in [-0.1, -0.05) is 18.5 Å². The van der Waals surface area contributed by atoms with Crippen molar-refractivity contribution in [3.8, 4) is 11.5 Å². The number of hydrogen-bond donors (Lipinski definition) is 1. The second-order valence-electron chi connectivity index (χ2n) is 6.03. The van der Waals surface area contributed by atoms with Gasteiger partial charge in [-0.3, -0.25) is 0 Å². The van der Waals surface area contributed by atoms with E-state index in [0.29, 0.717) is 44.3 Å². The average molecular weight is 347 g/mol. The summed E-state index contributed by atoms with van der Waals surface area (Å²) in [5, 5.41) is 0.144. The second-order valence-corrected chi connectivity index (χ2v) is 8.34. The fourth-order valence-corrected chi connectivity index (χ4v) is 4.83. The standard InChI is InChI=1S/C14H19ClN2O4S/c1-14(8-16)2-3-17(9-14)22(18,19)13-7-12-11(6-10(13)15)20-4-5-21-12/h6-7H,2-5,8-9,16H2,1H3. The smallest absolute Gasteiger partial charge is 0.244 e. The first-order valence-corrected chi connectivity index (χ1v) is 8.97. The number of benzene rings is 1. The largest absolute Gasteiger partial charge is 0.486 e. The summed E-state index contributed by atoms with van der Waals surface area (Å²) >= 11 is 6.16. The average Bonchev–Trinajstić information content (AvgIpc) is 2.90. The summed E-state index contributed by atoms with van der Waals surface area (Å²) in [5.41, 5.74) is 5.56. The summed E-state index contributed by atoms with van der Waals surface area (Å²) in [6, 6.07) is 2.95. The van der Waals surface area contributed by atoms with Gasteiger partial charge >= 0.3 is 0 Å². The molecule has 0 radical (unpaired) electrons. The Kier molecular flexibility index (Phi) is 4.01. The van der Waals surface area contributed by atoms with E-state index in [2.05, 4.69) is 0 Å². The van der Waals surface area contributed by atoms with Gasteiger partial charge in [-0.2, -0.15) is 4.31 Å². The van der Waals surface area contributed by atoms with Gasteiger partial charge in [-0.05, 0) is 18.4 Å². The Morgan fingerprint density at radius 3 is 2.55 bits per heavy atom. The van der Waals surface area contributed by atoms with E-state index in [1.165, 1.54) is 16.4 Å². The van der Waals surface area contributed by atoms with Gasteiger partial charge in [-0.25, -0.2) is 8.42 Å². The number of ether oxygens (including phenoxy) is 2. The SMILES string of the molecule is CC1(CN)CCN(S(=O)(=O)c2cc3c(cc2Cl)OCCO3)C1. The molecule has 1 atom stereocenters. The van der Waals surface area contributed by atoms with Gasteiger partial charge in [0.2, 0.25) is 10.0 Å². The molecule has 1 aromatic carbocycles. The molecule has 2 aliphatic rings. The minimum Gasteiger partial charge on any atom is -0.486 e. The zero-order valence-electron chi connectivity index (χ0n) is 12.3. The maximum atomic E-state index is 12.8. The normalized spacial score (nSPS) is 25.4. The van der Waals surface area contributed by atoms with E-state index >= 15 is 0 Å². The molecule has 2 aliphatic heterocycles. The molecule has 8 heteroatoms. The van der Waals surface area contributed by atoms with Crippen LogP contribution in [0.25, 0.3) is 0 Å². The van der Waals surface area contributed by atoms with Crippen molar-refractivity contribution in [1.82, 2.24) is 4.31 Å². The van der Waals surface area contributed by atoms with Crippen LogP contribution >= 0.6 is 11.6 Å². The van der Waals surface area contributed by atoms with Gasteiger partial charge in [0, 0.05) is 25.2 Å². The quantitative estimate of drug-likeness (QED) is 0.896. The first kappa shape index (κ1) is 15.9. The Morgan fingerprint density at radius 2 is 1.95 bits per heavy atom. The molecule has 0 saturated carbocycles. The minimum atomic E-state index is -3.67. The second kappa shape index (κ2) is 5.56. The Hall–Kier alpha value is -1.02. The van der Waals surface area contributed by atoms with Crippen molar-refractivity contribution in [2.75, 3.05) is 32.8 Å². The van der Waals surface area contributed by atoms with Gasteiger partial charge < -0.3 is 15.2 Å². The van der Waals surface area contributed by atoms with Crippen LogP contribution in [0.15, 0.2) is 17.0 Å². The van der Waals surface area contributed by atoms with E-state index in [1.54, 1.807) is 0 Å². The highest BCUT2D eigenvalue weighted by Crippen LogP contribution is 2.40. The summed E-state index contributed by atoms with van der Waals surface area (Å²) < 4.78 is 38.0. The van der Waals surface area contributed by atoms with Crippen LogP contribution in [0.5, 0.6) is 11.5 Å². The van der Waals surface area contributed by atoms with E-state index in [4.69, 9.17) is 26.8 Å². The van der Waals surface area contributed by atoms with Crippen LogP contribution < -0.4 is 15.2 Å². The van der Waals surface area contributed by atoms with Crippen molar-refractivity contribution in [1.29, 1.82) is 0 Å². The van der Waals surface area contributed by atoms with E-state index in [0.717, 1.165) is 6.42 Å². The molecule has 3 rings (SSSR count). The molecule has 0 bridgehead atoms. The first-order chi connectivity index (χ1) is 10.4. The molecule has 1 aromatic rings. The van der Waals surface area contributed by atoms with E-state index in [-0.39, 0.29) is 15.3 Å². The lowest BCUT2D eigenvalue weighted by molar-refractivity contribution is 0.171. The van der Waals surface area contributed by atoms with Crippen LogP contribution in [-0.2, 0) is 10.0 Å². The maximum Gasteiger partial charge on any atom is 0.244 e. The first-order valence-electron chi connectivity index (χ1n) is 7.15. The minimum absolute atomic E-state index is 0.0553. The summed E-state index contributed by atoms with van der Waals surface area (Å²) in [5.74, 6) is 0.887. The molecule has 1 unspecified atom stereocenters. The molecule has 2 heterocycles. The topological polar surface area (TPSA) is 81.9 Å². The molecule has 2 N–H and O–H groups in total. The van der Waals surface area contributed by atoms with E-state index in [1.807, 2.05) is 6.92 Å². The fraction of sp³-hybridized carbons (Fsp3) is 0.571. The Bertz CT molecular complexity index is 694. The van der Waals surface area contributed by atoms with E-state index < -0.39 is 10.0 Å². The van der Waals surface area contributed by atoms with Crippen molar-refractivity contribution in [3.63, 3.8) is 0 Å². The molecule has 0 spiro atoms. The highest BCUT2D eigenvalue weighted by atomic mass is 35.5. The zero-order valence-corrected chi connectivity index (χ0v) is 13.9. The third-order valence-corrected chi connectivity index (χ3v) is 6.54. The van der Waals surface area contributed by atoms with Gasteiger partial charge in [0.15, 0.2) is 11.5 Å². The van der Waals surface area contributed by atoms with Gasteiger partial charge in [0.05, 0.1) is 5.02 Å². The monoisotopic (exact) mass is 346 g/mol. The van der Waals surface area contributed by atoms with Gasteiger partial charge in [0.25, 0.3) is 0 Å². The lowest BCUT2D eigenvalue weighted by Gasteiger charge is -2.24. The van der Waals surface area contributed by atoms with Crippen molar-refractivity contribution >= 4 is 21.6 Å². The number of sulfonamides is 1. The lowest BCUT2D eigenvalue weighted by Crippen LogP contribution is -2.34. The van der Waals surface area contributed by atoms with Gasteiger partial charge in [-0.15, -0.1) is 0 Å². The number of halogens is 1. The van der Waals surface area contributed by atoms with Crippen LogP contribution in [-0.4, -0.2) is 45.6 Å². The maximum absolute atomic E-state index is 12.8. The summed E-state index contributed by atoms with van der Waals surface area (Å²) in [6.45, 7) is 4.11. The highest BCUT2D eigenvalue weighted by Gasteiger charge is 2.40. The molecule has 0 aromatic heterocycles. The molecular weight excluding hydrogens is 328 g/mol. The molecule has 6 nitrogen and oxygen atoms in total. The van der Waals surface area contributed by atoms with Crippen LogP contribution in [0.1, 0.15) is 13.3 Å². The van der Waals surface area contributed by atoms with Crippen molar-refractivity contribution < 1.29 is 17.9 Å². The van der Waals surface area contributed by atoms with Crippen LogP contribution in [0, 0.1) is 5.41 Å². The predicted octanol–water partition coefficient (Wildman–Crippen LogP) is 1.47. The molecule has 122 valence electrons. The Morgan fingerprint density at radius 1 is 1.32 bits per heavy atom. The molecular formula is C14H19ClN2O4S. The van der Waals surface area contributed by atoms with Crippen LogP contribution in [0.4, 0.5) is 0 Å². The molecule has 1 fully saturated rings. The third-order valence-electron chi connectivity index (χ3n) is 4.23. The number of fused-ring (bicyclic) bond motifs is 1. The number of nitrogens with zero attached hydrogens (tertiary/aromatic N) is 1. The van der Waals surface area contributed by atoms with Crippen molar-refractivity contribution in [2.45, 2.75) is 18.2 Å². The third kappa shape index (κ3) is 2.67. The Labute approximate surface area is 135 Å². The van der Waals surface area contributed by atoms with Crippen LogP contribution in [0.2, 0.25) is 5.02 Å². The zero-order chi connectivity index (χ0) is 16.0. The van der Waals surface area contributed by atoms with Gasteiger partial charge in [0.1, 0.15) is 18.1 Å². The lowest BCUT2D eigenvalue weighted by atomic mass is 9.90. The molecule has 22 heavy (non-hydrogen) atoms. The van der Waals surface area contributed by atoms with E-state index in [9.17, 15) is 8.42 Å². The summed E-state index contributed by atoms with van der Waals surface area (Å²) in [7, 11) is -3.67. The van der Waals surface area contributed by atoms with Crippen molar-refractivity contribution in [2.24, 2.45) is 11.1 Å². The number of rotatable bonds is 3. The molecule has 0 aliphatic carbocycles. The van der Waals surface area contributed by atoms with Crippen LogP contribution in [0.3, 0.4) is 0 Å². The summed E-state index contributed by atoms with van der Waals surface area (Å²) in [4.78, 5) is 0.0553. The summed E-state index contributed by atoms with van der Waals surface area (Å²) in [6.07, 6.45) is 0.741.